The molecule has 0 heterocycles. The van der Waals surface area contributed by atoms with Gasteiger partial charge in [-0.05, 0) is 17.9 Å². The van der Waals surface area contributed by atoms with Gasteiger partial charge < -0.3 is 10.5 Å². The number of benzene rings is 1. The molecular weight excluding hydrogens is 322 g/mol. The van der Waals surface area contributed by atoms with Crippen LogP contribution < -0.4 is 5.73 Å². The second-order valence-electron chi connectivity index (χ2n) is 7.18. The van der Waals surface area contributed by atoms with Crippen molar-refractivity contribution in [3.8, 4) is 0 Å². The molecule has 1 aromatic carbocycles. The van der Waals surface area contributed by atoms with E-state index in [2.05, 4.69) is 0 Å². The van der Waals surface area contributed by atoms with E-state index in [1.807, 2.05) is 44.2 Å². The molecule has 1 fully saturated rings. The minimum atomic E-state index is -0.489. The van der Waals surface area contributed by atoms with Crippen LogP contribution in [0.2, 0.25) is 0 Å². The Hall–Kier alpha value is -0.900. The van der Waals surface area contributed by atoms with Crippen molar-refractivity contribution in [2.24, 2.45) is 17.6 Å². The maximum atomic E-state index is 12.5. The molecule has 2 atom stereocenters. The van der Waals surface area contributed by atoms with Gasteiger partial charge in [-0.2, -0.15) is 0 Å². The quantitative estimate of drug-likeness (QED) is 0.747. The molecular formula is C20H32ClNO2. The Morgan fingerprint density at radius 3 is 2.38 bits per heavy atom. The Morgan fingerprint density at radius 2 is 1.79 bits per heavy atom. The molecule has 3 nitrogen and oxygen atoms in total. The average Bonchev–Trinajstić information content (AvgIpc) is 2.56. The average molecular weight is 354 g/mol. The molecule has 24 heavy (non-hydrogen) atoms. The standard InChI is InChI=1S/C20H31NO2.ClH/c1-15(2)19(22)20(23-14-17-11-7-4-8-12-17)18(21)13-16-9-5-3-6-10-16;/h4,7-8,11-12,15-16,18,20H,3,5-6,9-10,13-14,21H2,1-2H3;1H/t18-,20+;/m0./s1. The zero-order valence-corrected chi connectivity index (χ0v) is 15.8. The van der Waals surface area contributed by atoms with E-state index in [-0.39, 0.29) is 30.2 Å². The van der Waals surface area contributed by atoms with Crippen molar-refractivity contribution in [3.63, 3.8) is 0 Å². The largest absolute Gasteiger partial charge is 0.364 e. The molecule has 1 aliphatic carbocycles. The van der Waals surface area contributed by atoms with Gasteiger partial charge in [0.2, 0.25) is 0 Å². The molecule has 0 spiro atoms. The highest BCUT2D eigenvalue weighted by molar-refractivity contribution is 5.85. The fourth-order valence-electron chi connectivity index (χ4n) is 3.44. The molecule has 0 bridgehead atoms. The summed E-state index contributed by atoms with van der Waals surface area (Å²) in [6.45, 7) is 4.30. The van der Waals surface area contributed by atoms with E-state index in [4.69, 9.17) is 10.5 Å². The van der Waals surface area contributed by atoms with Crippen molar-refractivity contribution in [2.45, 2.75) is 71.1 Å². The smallest absolute Gasteiger partial charge is 0.165 e. The normalized spacial score (nSPS) is 18.0. The first-order chi connectivity index (χ1) is 11.1. The molecule has 0 radical (unpaired) electrons. The van der Waals surface area contributed by atoms with Crippen molar-refractivity contribution >= 4 is 18.2 Å². The summed E-state index contributed by atoms with van der Waals surface area (Å²) in [5.74, 6) is 0.735. The molecule has 1 aliphatic rings. The topological polar surface area (TPSA) is 52.3 Å². The maximum Gasteiger partial charge on any atom is 0.165 e. The highest BCUT2D eigenvalue weighted by Gasteiger charge is 2.30. The molecule has 136 valence electrons. The molecule has 0 amide bonds. The van der Waals surface area contributed by atoms with E-state index < -0.39 is 6.10 Å². The van der Waals surface area contributed by atoms with Crippen LogP contribution >= 0.6 is 12.4 Å². The summed E-state index contributed by atoms with van der Waals surface area (Å²) in [5.41, 5.74) is 7.49. The molecule has 1 aromatic rings. The van der Waals surface area contributed by atoms with Crippen molar-refractivity contribution in [1.29, 1.82) is 0 Å². The highest BCUT2D eigenvalue weighted by Crippen LogP contribution is 2.28. The third-order valence-corrected chi connectivity index (χ3v) is 4.84. The number of Topliss-reactive ketones (excluding diaryl/α,β-unsaturated/α-hetero) is 1. The summed E-state index contributed by atoms with van der Waals surface area (Å²) in [4.78, 5) is 12.5. The number of rotatable bonds is 8. The number of carbonyl (C=O) groups excluding carboxylic acids is 1. The summed E-state index contributed by atoms with van der Waals surface area (Å²) < 4.78 is 5.98. The summed E-state index contributed by atoms with van der Waals surface area (Å²) in [7, 11) is 0. The third-order valence-electron chi connectivity index (χ3n) is 4.84. The van der Waals surface area contributed by atoms with E-state index in [0.29, 0.717) is 12.5 Å². The lowest BCUT2D eigenvalue weighted by Gasteiger charge is -2.29. The molecule has 0 unspecified atom stereocenters. The Balaban J connectivity index is 0.00000288. The minimum Gasteiger partial charge on any atom is -0.364 e. The third kappa shape index (κ3) is 6.54. The van der Waals surface area contributed by atoms with Gasteiger partial charge in [-0.25, -0.2) is 0 Å². The summed E-state index contributed by atoms with van der Waals surface area (Å²) in [5, 5.41) is 0. The maximum absolute atomic E-state index is 12.5. The van der Waals surface area contributed by atoms with Crippen LogP contribution in [-0.2, 0) is 16.1 Å². The van der Waals surface area contributed by atoms with Crippen LogP contribution in [0, 0.1) is 11.8 Å². The zero-order chi connectivity index (χ0) is 16.7. The first-order valence-electron chi connectivity index (χ1n) is 9.02. The number of hydrogen-bond acceptors (Lipinski definition) is 3. The van der Waals surface area contributed by atoms with Crippen LogP contribution in [0.1, 0.15) is 57.9 Å². The second-order valence-corrected chi connectivity index (χ2v) is 7.18. The fraction of sp³-hybridized carbons (Fsp3) is 0.650. The Morgan fingerprint density at radius 1 is 1.17 bits per heavy atom. The van der Waals surface area contributed by atoms with Gasteiger partial charge in [0.05, 0.1) is 6.61 Å². The Bertz CT molecular complexity index is 472. The van der Waals surface area contributed by atoms with E-state index in [1.165, 1.54) is 32.1 Å². The molecule has 1 saturated carbocycles. The van der Waals surface area contributed by atoms with Crippen LogP contribution in [0.25, 0.3) is 0 Å². The number of ether oxygens (including phenoxy) is 1. The molecule has 0 aliphatic heterocycles. The Labute approximate surface area is 152 Å². The molecule has 2 rings (SSSR count). The van der Waals surface area contributed by atoms with E-state index >= 15 is 0 Å². The van der Waals surface area contributed by atoms with Crippen molar-refractivity contribution in [2.75, 3.05) is 0 Å². The van der Waals surface area contributed by atoms with Crippen LogP contribution in [0.4, 0.5) is 0 Å². The molecule has 0 saturated heterocycles. The van der Waals surface area contributed by atoms with E-state index in [0.717, 1.165) is 12.0 Å². The van der Waals surface area contributed by atoms with Gasteiger partial charge in [0.1, 0.15) is 6.10 Å². The molecule has 0 aromatic heterocycles. The van der Waals surface area contributed by atoms with E-state index in [9.17, 15) is 4.79 Å². The lowest BCUT2D eigenvalue weighted by Crippen LogP contribution is -2.45. The predicted molar refractivity (Wildman–Crippen MR) is 101 cm³/mol. The Kier molecular flexibility index (Phi) is 9.57. The summed E-state index contributed by atoms with van der Waals surface area (Å²) in [6, 6.07) is 9.79. The number of halogens is 1. The lowest BCUT2D eigenvalue weighted by atomic mass is 9.83. The van der Waals surface area contributed by atoms with Gasteiger partial charge in [0, 0.05) is 12.0 Å². The van der Waals surface area contributed by atoms with Gasteiger partial charge >= 0.3 is 0 Å². The SMILES string of the molecule is CC(C)C(=O)[C@H](OCc1ccccc1)[C@@H](N)CC1CCCCC1.Cl. The van der Waals surface area contributed by atoms with Crippen molar-refractivity contribution < 1.29 is 9.53 Å². The lowest BCUT2D eigenvalue weighted by molar-refractivity contribution is -0.136. The monoisotopic (exact) mass is 353 g/mol. The van der Waals surface area contributed by atoms with E-state index in [1.54, 1.807) is 0 Å². The summed E-state index contributed by atoms with van der Waals surface area (Å²) in [6.07, 6.45) is 6.83. The van der Waals surface area contributed by atoms with Crippen molar-refractivity contribution in [3.05, 3.63) is 35.9 Å². The number of nitrogens with two attached hydrogens (primary N) is 1. The number of hydrogen-bond donors (Lipinski definition) is 1. The van der Waals surface area contributed by atoms with Crippen LogP contribution in [0.15, 0.2) is 30.3 Å². The van der Waals surface area contributed by atoms with Crippen LogP contribution in [-0.4, -0.2) is 17.9 Å². The zero-order valence-electron chi connectivity index (χ0n) is 14.9. The van der Waals surface area contributed by atoms with Crippen LogP contribution in [0.3, 0.4) is 0 Å². The van der Waals surface area contributed by atoms with Gasteiger partial charge in [-0.1, -0.05) is 76.3 Å². The second kappa shape index (κ2) is 10.9. The van der Waals surface area contributed by atoms with Gasteiger partial charge in [0.15, 0.2) is 5.78 Å². The van der Waals surface area contributed by atoms with Gasteiger partial charge in [-0.3, -0.25) is 4.79 Å². The van der Waals surface area contributed by atoms with Gasteiger partial charge in [0.25, 0.3) is 0 Å². The van der Waals surface area contributed by atoms with Crippen molar-refractivity contribution in [1.82, 2.24) is 0 Å². The minimum absolute atomic E-state index is 0. The number of ketones is 1. The molecule has 4 heteroatoms. The molecule has 2 N–H and O–H groups in total. The first-order valence-corrected chi connectivity index (χ1v) is 9.02. The van der Waals surface area contributed by atoms with Crippen LogP contribution in [0.5, 0.6) is 0 Å². The predicted octanol–water partition coefficient (Wildman–Crippen LogP) is 4.52. The first kappa shape index (κ1) is 21.1. The van der Waals surface area contributed by atoms with Gasteiger partial charge in [-0.15, -0.1) is 12.4 Å². The highest BCUT2D eigenvalue weighted by atomic mass is 35.5. The summed E-state index contributed by atoms with van der Waals surface area (Å²) >= 11 is 0. The fourth-order valence-corrected chi connectivity index (χ4v) is 3.44. The number of carbonyl (C=O) groups is 1.